The Morgan fingerprint density at radius 2 is 1.85 bits per heavy atom. The number of nitrogens with one attached hydrogen (secondary N) is 1. The number of hydrogen-bond acceptors (Lipinski definition) is 3. The van der Waals surface area contributed by atoms with Gasteiger partial charge >= 0.3 is 0 Å². The first-order valence-corrected chi connectivity index (χ1v) is 6.90. The lowest BCUT2D eigenvalue weighted by molar-refractivity contribution is 0.214. The van der Waals surface area contributed by atoms with E-state index in [1.807, 2.05) is 36.4 Å². The van der Waals surface area contributed by atoms with Crippen molar-refractivity contribution in [1.29, 1.82) is 0 Å². The molecule has 2 unspecified atom stereocenters. The van der Waals surface area contributed by atoms with E-state index in [0.29, 0.717) is 5.92 Å². The molecule has 0 radical (unpaired) electrons. The third kappa shape index (κ3) is 2.44. The molecule has 2 aromatic rings. The molecular weight excluding hydrogens is 250 g/mol. The minimum absolute atomic E-state index is 0.272. The van der Waals surface area contributed by atoms with Crippen LogP contribution in [0.3, 0.4) is 0 Å². The van der Waals surface area contributed by atoms with Crippen molar-refractivity contribution >= 4 is 5.69 Å². The van der Waals surface area contributed by atoms with Gasteiger partial charge in [-0.3, -0.25) is 0 Å². The molecule has 1 heterocycles. The quantitative estimate of drug-likeness (QED) is 0.917. The van der Waals surface area contributed by atoms with E-state index in [9.17, 15) is 0 Å². The summed E-state index contributed by atoms with van der Waals surface area (Å²) in [5, 5.41) is 3.60. The van der Waals surface area contributed by atoms with Crippen LogP contribution in [0.2, 0.25) is 0 Å². The fourth-order valence-corrected chi connectivity index (χ4v) is 2.58. The van der Waals surface area contributed by atoms with Crippen molar-refractivity contribution in [3.63, 3.8) is 0 Å². The van der Waals surface area contributed by atoms with Gasteiger partial charge in [-0.1, -0.05) is 25.1 Å². The molecule has 0 saturated heterocycles. The number of anilines is 1. The van der Waals surface area contributed by atoms with Crippen LogP contribution in [0.5, 0.6) is 11.5 Å². The number of rotatable bonds is 3. The third-order valence-corrected chi connectivity index (χ3v) is 3.74. The topological polar surface area (TPSA) is 30.5 Å². The SMILES string of the molecule is COc1ccc(NC2c3ccccc3OCC2C)cc1. The minimum atomic E-state index is 0.272. The highest BCUT2D eigenvalue weighted by molar-refractivity contribution is 5.50. The summed E-state index contributed by atoms with van der Waals surface area (Å²) in [6.45, 7) is 2.95. The minimum Gasteiger partial charge on any atom is -0.497 e. The highest BCUT2D eigenvalue weighted by Crippen LogP contribution is 2.37. The number of benzene rings is 2. The van der Waals surface area contributed by atoms with Gasteiger partial charge in [0.1, 0.15) is 11.5 Å². The van der Waals surface area contributed by atoms with E-state index < -0.39 is 0 Å². The fraction of sp³-hybridized carbons (Fsp3) is 0.294. The van der Waals surface area contributed by atoms with E-state index in [4.69, 9.17) is 9.47 Å². The summed E-state index contributed by atoms with van der Waals surface area (Å²) in [5.74, 6) is 2.28. The van der Waals surface area contributed by atoms with Crippen LogP contribution < -0.4 is 14.8 Å². The van der Waals surface area contributed by atoms with Gasteiger partial charge < -0.3 is 14.8 Å². The molecule has 2 atom stereocenters. The van der Waals surface area contributed by atoms with Crippen molar-refractivity contribution in [2.75, 3.05) is 19.0 Å². The second kappa shape index (κ2) is 5.45. The van der Waals surface area contributed by atoms with Crippen LogP contribution in [0, 0.1) is 5.92 Å². The Bertz CT molecular complexity index is 580. The molecule has 1 aliphatic rings. The predicted octanol–water partition coefficient (Wildman–Crippen LogP) is 3.88. The van der Waals surface area contributed by atoms with Crippen LogP contribution in [0.15, 0.2) is 48.5 Å². The zero-order valence-corrected chi connectivity index (χ0v) is 11.8. The van der Waals surface area contributed by atoms with E-state index in [-0.39, 0.29) is 6.04 Å². The molecule has 0 amide bonds. The standard InChI is InChI=1S/C17H19NO2/c1-12-11-20-16-6-4-3-5-15(16)17(12)18-13-7-9-14(19-2)10-8-13/h3-10,12,17-18H,11H2,1-2H3. The molecule has 0 saturated carbocycles. The largest absolute Gasteiger partial charge is 0.497 e. The van der Waals surface area contributed by atoms with Gasteiger partial charge in [-0.05, 0) is 30.3 Å². The Morgan fingerprint density at radius 1 is 1.10 bits per heavy atom. The maximum Gasteiger partial charge on any atom is 0.124 e. The van der Waals surface area contributed by atoms with Crippen molar-refractivity contribution in [1.82, 2.24) is 0 Å². The summed E-state index contributed by atoms with van der Waals surface area (Å²) in [6, 6.07) is 16.5. The van der Waals surface area contributed by atoms with Crippen molar-refractivity contribution in [2.45, 2.75) is 13.0 Å². The van der Waals surface area contributed by atoms with Gasteiger partial charge in [0.25, 0.3) is 0 Å². The molecule has 0 bridgehead atoms. The van der Waals surface area contributed by atoms with Gasteiger partial charge in [-0.25, -0.2) is 0 Å². The van der Waals surface area contributed by atoms with Crippen molar-refractivity contribution in [2.24, 2.45) is 5.92 Å². The molecule has 3 heteroatoms. The van der Waals surface area contributed by atoms with Crippen LogP contribution >= 0.6 is 0 Å². The maximum atomic E-state index is 5.78. The van der Waals surface area contributed by atoms with E-state index in [1.165, 1.54) is 5.56 Å². The second-order valence-electron chi connectivity index (χ2n) is 5.18. The normalized spacial score (nSPS) is 20.7. The number of methoxy groups -OCH3 is 1. The van der Waals surface area contributed by atoms with Crippen molar-refractivity contribution in [3.8, 4) is 11.5 Å². The van der Waals surface area contributed by atoms with Gasteiger partial charge in [-0.15, -0.1) is 0 Å². The third-order valence-electron chi connectivity index (χ3n) is 3.74. The Hall–Kier alpha value is -2.16. The van der Waals surface area contributed by atoms with E-state index in [0.717, 1.165) is 23.8 Å². The molecule has 2 aromatic carbocycles. The van der Waals surface area contributed by atoms with Crippen molar-refractivity contribution < 1.29 is 9.47 Å². The van der Waals surface area contributed by atoms with Crippen LogP contribution in [0.1, 0.15) is 18.5 Å². The summed E-state index contributed by atoms with van der Waals surface area (Å²) in [7, 11) is 1.68. The first kappa shape index (κ1) is 12.9. The monoisotopic (exact) mass is 269 g/mol. The average molecular weight is 269 g/mol. The maximum absolute atomic E-state index is 5.78. The summed E-state index contributed by atoms with van der Waals surface area (Å²) >= 11 is 0. The summed E-state index contributed by atoms with van der Waals surface area (Å²) < 4.78 is 11.0. The number of hydrogen-bond donors (Lipinski definition) is 1. The number of ether oxygens (including phenoxy) is 2. The molecule has 1 aliphatic heterocycles. The lowest BCUT2D eigenvalue weighted by Crippen LogP contribution is -2.28. The molecule has 0 aliphatic carbocycles. The van der Waals surface area contributed by atoms with Crippen LogP contribution in [-0.2, 0) is 0 Å². The molecule has 1 N–H and O–H groups in total. The molecule has 3 nitrogen and oxygen atoms in total. The van der Waals surface area contributed by atoms with Crippen LogP contribution in [0.25, 0.3) is 0 Å². The smallest absolute Gasteiger partial charge is 0.124 e. The number of para-hydroxylation sites is 1. The predicted molar refractivity (Wildman–Crippen MR) is 80.5 cm³/mol. The van der Waals surface area contributed by atoms with Crippen LogP contribution in [-0.4, -0.2) is 13.7 Å². The number of fused-ring (bicyclic) bond motifs is 1. The molecule has 20 heavy (non-hydrogen) atoms. The zero-order chi connectivity index (χ0) is 13.9. The average Bonchev–Trinajstić information content (AvgIpc) is 2.51. The highest BCUT2D eigenvalue weighted by Gasteiger charge is 2.27. The molecule has 104 valence electrons. The molecule has 0 fully saturated rings. The van der Waals surface area contributed by atoms with Crippen LogP contribution in [0.4, 0.5) is 5.69 Å². The Morgan fingerprint density at radius 3 is 2.60 bits per heavy atom. The van der Waals surface area contributed by atoms with Gasteiger partial charge in [0.05, 0.1) is 19.8 Å². The fourth-order valence-electron chi connectivity index (χ4n) is 2.58. The Kier molecular flexibility index (Phi) is 3.50. The zero-order valence-electron chi connectivity index (χ0n) is 11.8. The molecule has 3 rings (SSSR count). The van der Waals surface area contributed by atoms with E-state index in [1.54, 1.807) is 7.11 Å². The first-order chi connectivity index (χ1) is 9.78. The van der Waals surface area contributed by atoms with Gasteiger partial charge in [0, 0.05) is 17.2 Å². The van der Waals surface area contributed by atoms with E-state index in [2.05, 4.69) is 24.4 Å². The first-order valence-electron chi connectivity index (χ1n) is 6.90. The lowest BCUT2D eigenvalue weighted by Gasteiger charge is -2.32. The van der Waals surface area contributed by atoms with Gasteiger partial charge in [0.15, 0.2) is 0 Å². The Balaban J connectivity index is 1.85. The van der Waals surface area contributed by atoms with Gasteiger partial charge in [0.2, 0.25) is 0 Å². The van der Waals surface area contributed by atoms with Gasteiger partial charge in [-0.2, -0.15) is 0 Å². The van der Waals surface area contributed by atoms with E-state index >= 15 is 0 Å². The highest BCUT2D eigenvalue weighted by atomic mass is 16.5. The van der Waals surface area contributed by atoms with Crippen molar-refractivity contribution in [3.05, 3.63) is 54.1 Å². The Labute approximate surface area is 119 Å². The molecule has 0 spiro atoms. The summed E-state index contributed by atoms with van der Waals surface area (Å²) in [4.78, 5) is 0. The summed E-state index contributed by atoms with van der Waals surface area (Å²) in [6.07, 6.45) is 0. The molecular formula is C17H19NO2. The molecule has 0 aromatic heterocycles. The lowest BCUT2D eigenvalue weighted by atomic mass is 9.92. The second-order valence-corrected chi connectivity index (χ2v) is 5.18. The summed E-state index contributed by atoms with van der Waals surface area (Å²) in [5.41, 5.74) is 2.32.